The molecule has 1 aliphatic rings. The van der Waals surface area contributed by atoms with E-state index in [1.54, 1.807) is 12.1 Å². The van der Waals surface area contributed by atoms with Gasteiger partial charge in [0.05, 0.1) is 11.0 Å². The third-order valence-electron chi connectivity index (χ3n) is 2.88. The van der Waals surface area contributed by atoms with Gasteiger partial charge in [-0.2, -0.15) is 8.42 Å². The second-order valence-electron chi connectivity index (χ2n) is 4.15. The first-order chi connectivity index (χ1) is 8.62. The van der Waals surface area contributed by atoms with E-state index in [-0.39, 0.29) is 11.0 Å². The van der Waals surface area contributed by atoms with Crippen LogP contribution in [0.2, 0.25) is 0 Å². The van der Waals surface area contributed by atoms with Crippen molar-refractivity contribution in [3.8, 4) is 5.75 Å². The second kappa shape index (κ2) is 5.33. The largest absolute Gasteiger partial charge is 0.490 e. The standard InChI is InChI=1S/C12H13NO4S/c14-9-13-18(15,16)12-7-5-11(6-8-12)17-10-3-1-2-4-10/h5-8,10H,1-4H2. The lowest BCUT2D eigenvalue weighted by atomic mass is 10.3. The predicted octanol–water partition coefficient (Wildman–Crippen LogP) is 2.03. The third kappa shape index (κ3) is 2.97. The number of rotatable bonds is 4. The molecule has 0 N–H and O–H groups in total. The summed E-state index contributed by atoms with van der Waals surface area (Å²) < 4.78 is 31.3. The zero-order valence-electron chi connectivity index (χ0n) is 9.70. The number of carbonyl (C=O) groups excluding carboxylic acids is 1. The molecule has 0 aromatic heterocycles. The van der Waals surface area contributed by atoms with E-state index in [0.29, 0.717) is 5.75 Å². The molecule has 0 bridgehead atoms. The van der Waals surface area contributed by atoms with E-state index in [4.69, 9.17) is 4.74 Å². The first-order valence-corrected chi connectivity index (χ1v) is 7.17. The van der Waals surface area contributed by atoms with E-state index in [1.165, 1.54) is 25.0 Å². The minimum absolute atomic E-state index is 0.0374. The van der Waals surface area contributed by atoms with Crippen molar-refractivity contribution < 1.29 is 17.9 Å². The molecule has 0 saturated heterocycles. The third-order valence-corrected chi connectivity index (χ3v) is 4.07. The highest BCUT2D eigenvalue weighted by Gasteiger charge is 2.17. The Hall–Kier alpha value is -1.65. The van der Waals surface area contributed by atoms with Crippen molar-refractivity contribution in [3.63, 3.8) is 0 Å². The molecule has 0 amide bonds. The molecule has 96 valence electrons. The highest BCUT2D eigenvalue weighted by atomic mass is 32.2. The first kappa shape index (κ1) is 12.8. The Morgan fingerprint density at radius 2 is 1.78 bits per heavy atom. The fraction of sp³-hybridized carbons (Fsp3) is 0.417. The monoisotopic (exact) mass is 267 g/mol. The molecule has 1 saturated carbocycles. The van der Waals surface area contributed by atoms with Crippen molar-refractivity contribution in [2.24, 2.45) is 4.40 Å². The second-order valence-corrected chi connectivity index (χ2v) is 5.76. The van der Waals surface area contributed by atoms with Gasteiger partial charge in [-0.15, -0.1) is 0 Å². The molecular formula is C12H13NO4S. The fourth-order valence-corrected chi connectivity index (χ4v) is 2.67. The Morgan fingerprint density at radius 3 is 2.33 bits per heavy atom. The van der Waals surface area contributed by atoms with Gasteiger partial charge >= 0.3 is 0 Å². The molecule has 6 heteroatoms. The summed E-state index contributed by atoms with van der Waals surface area (Å²) in [5.41, 5.74) is 0. The van der Waals surface area contributed by atoms with Crippen LogP contribution >= 0.6 is 0 Å². The summed E-state index contributed by atoms with van der Waals surface area (Å²) in [7, 11) is -3.91. The van der Waals surface area contributed by atoms with Crippen LogP contribution in [0.3, 0.4) is 0 Å². The average Bonchev–Trinajstić information content (AvgIpc) is 2.82. The zero-order chi connectivity index (χ0) is 13.0. The summed E-state index contributed by atoms with van der Waals surface area (Å²) in [5, 5.41) is 0. The molecule has 1 aromatic carbocycles. The molecule has 5 nitrogen and oxygen atoms in total. The molecule has 0 heterocycles. The van der Waals surface area contributed by atoms with Crippen molar-refractivity contribution in [2.75, 3.05) is 0 Å². The van der Waals surface area contributed by atoms with E-state index < -0.39 is 10.0 Å². The van der Waals surface area contributed by atoms with Crippen molar-refractivity contribution >= 4 is 16.1 Å². The number of nitrogens with zero attached hydrogens (tertiary/aromatic N) is 1. The lowest BCUT2D eigenvalue weighted by molar-refractivity contribution is 0.210. The normalized spacial score (nSPS) is 16.2. The maximum Gasteiger partial charge on any atom is 0.292 e. The summed E-state index contributed by atoms with van der Waals surface area (Å²) in [6.07, 6.45) is 5.68. The molecule has 0 aliphatic heterocycles. The lowest BCUT2D eigenvalue weighted by Gasteiger charge is -2.12. The van der Waals surface area contributed by atoms with Crippen LogP contribution in [0.4, 0.5) is 0 Å². The molecule has 1 fully saturated rings. The summed E-state index contributed by atoms with van der Waals surface area (Å²) in [6.45, 7) is 0. The van der Waals surface area contributed by atoms with Crippen molar-refractivity contribution in [1.82, 2.24) is 0 Å². The number of hydrogen-bond acceptors (Lipinski definition) is 4. The van der Waals surface area contributed by atoms with Crippen molar-refractivity contribution in [2.45, 2.75) is 36.7 Å². The van der Waals surface area contributed by atoms with Gasteiger partial charge in [0.15, 0.2) is 0 Å². The minimum atomic E-state index is -3.91. The molecular weight excluding hydrogens is 254 g/mol. The van der Waals surface area contributed by atoms with Crippen LogP contribution in [0.5, 0.6) is 5.75 Å². The quantitative estimate of drug-likeness (QED) is 0.618. The minimum Gasteiger partial charge on any atom is -0.490 e. The van der Waals surface area contributed by atoms with Crippen LogP contribution in [0.25, 0.3) is 0 Å². The first-order valence-electron chi connectivity index (χ1n) is 5.73. The van der Waals surface area contributed by atoms with E-state index >= 15 is 0 Å². The van der Waals surface area contributed by atoms with Crippen molar-refractivity contribution in [3.05, 3.63) is 24.3 Å². The molecule has 2 rings (SSSR count). The van der Waals surface area contributed by atoms with E-state index in [0.717, 1.165) is 18.9 Å². The van der Waals surface area contributed by atoms with Gasteiger partial charge in [0, 0.05) is 0 Å². The topological polar surface area (TPSA) is 72.8 Å². The molecule has 0 unspecified atom stereocenters. The van der Waals surface area contributed by atoms with Gasteiger partial charge in [-0.05, 0) is 49.9 Å². The molecule has 0 atom stereocenters. The van der Waals surface area contributed by atoms with Gasteiger partial charge in [0.1, 0.15) is 5.75 Å². The van der Waals surface area contributed by atoms with Crippen LogP contribution in [0.1, 0.15) is 25.7 Å². The highest BCUT2D eigenvalue weighted by molar-refractivity contribution is 7.90. The van der Waals surface area contributed by atoms with Crippen LogP contribution in [-0.2, 0) is 14.8 Å². The van der Waals surface area contributed by atoms with E-state index in [9.17, 15) is 13.2 Å². The van der Waals surface area contributed by atoms with Gasteiger partial charge in [-0.25, -0.2) is 4.79 Å². The highest BCUT2D eigenvalue weighted by Crippen LogP contribution is 2.25. The molecule has 0 radical (unpaired) electrons. The van der Waals surface area contributed by atoms with Crippen molar-refractivity contribution in [1.29, 1.82) is 0 Å². The molecule has 0 spiro atoms. The maximum absolute atomic E-state index is 11.4. The Bertz CT molecular complexity index is 552. The van der Waals surface area contributed by atoms with E-state index in [2.05, 4.69) is 4.40 Å². The predicted molar refractivity (Wildman–Crippen MR) is 64.6 cm³/mol. The molecule has 18 heavy (non-hydrogen) atoms. The van der Waals surface area contributed by atoms with Crippen LogP contribution in [-0.4, -0.2) is 20.6 Å². The SMILES string of the molecule is O=C=NS(=O)(=O)c1ccc(OC2CCCC2)cc1. The Kier molecular flexibility index (Phi) is 3.79. The number of benzene rings is 1. The molecule has 1 aliphatic carbocycles. The van der Waals surface area contributed by atoms with Crippen LogP contribution in [0, 0.1) is 0 Å². The summed E-state index contributed by atoms with van der Waals surface area (Å²) in [5.74, 6) is 0.635. The number of sulfonamides is 1. The zero-order valence-corrected chi connectivity index (χ0v) is 10.5. The summed E-state index contributed by atoms with van der Waals surface area (Å²) >= 11 is 0. The average molecular weight is 267 g/mol. The van der Waals surface area contributed by atoms with Gasteiger partial charge < -0.3 is 4.74 Å². The lowest BCUT2D eigenvalue weighted by Crippen LogP contribution is -2.10. The smallest absolute Gasteiger partial charge is 0.292 e. The number of ether oxygens (including phenoxy) is 1. The van der Waals surface area contributed by atoms with Crippen LogP contribution < -0.4 is 4.74 Å². The number of hydrogen-bond donors (Lipinski definition) is 0. The fourth-order valence-electron chi connectivity index (χ4n) is 1.99. The Balaban J connectivity index is 2.12. The van der Waals surface area contributed by atoms with Crippen LogP contribution in [0.15, 0.2) is 33.6 Å². The van der Waals surface area contributed by atoms with Gasteiger partial charge in [-0.3, -0.25) is 0 Å². The van der Waals surface area contributed by atoms with Gasteiger partial charge in [-0.1, -0.05) is 4.40 Å². The van der Waals surface area contributed by atoms with Gasteiger partial charge in [0.2, 0.25) is 0 Å². The Labute approximate surface area is 106 Å². The van der Waals surface area contributed by atoms with Gasteiger partial charge in [0.25, 0.3) is 16.1 Å². The number of isocyanates is 1. The molecule has 1 aromatic rings. The van der Waals surface area contributed by atoms with E-state index in [1.807, 2.05) is 0 Å². The maximum atomic E-state index is 11.4. The Morgan fingerprint density at radius 1 is 1.17 bits per heavy atom. The summed E-state index contributed by atoms with van der Waals surface area (Å²) in [6, 6.07) is 5.90. The summed E-state index contributed by atoms with van der Waals surface area (Å²) in [4.78, 5) is 9.96.